The van der Waals surface area contributed by atoms with Crippen molar-refractivity contribution in [2.45, 2.75) is 33.8 Å². The summed E-state index contributed by atoms with van der Waals surface area (Å²) in [5.41, 5.74) is -7.67. The molecule has 0 radical (unpaired) electrons. The highest BCUT2D eigenvalue weighted by molar-refractivity contribution is 6.13. The van der Waals surface area contributed by atoms with E-state index in [9.17, 15) is 69.6 Å². The minimum absolute atomic E-state index is 0.0126. The average molecular weight is 807 g/mol. The van der Waals surface area contributed by atoms with E-state index in [2.05, 4.69) is 0 Å². The number of hydrogen-bond donors (Lipinski definition) is 8. The molecule has 18 nitrogen and oxygen atoms in total. The van der Waals surface area contributed by atoms with E-state index in [0.29, 0.717) is 0 Å². The standard InChI is InChI=1S/C41H26O18/c1-11-14(4-18-34(49)29-26(59-39(18)27(11)12(2)42)9-23(46)36(51)31(29)41(54)55)37-17(33(48)28-25(58-37)8-22(45)35(50)30(28)40(52)53)5-15-13(3)57-38-16-6-20(43)21(44)7-24(16)56-10-19(38)32(15)47/h4,6-9,43-46,50-51H,5,10H2,1-3H3,(H,52,53)(H,54,55). The maximum absolute atomic E-state index is 14.7. The fourth-order valence-corrected chi connectivity index (χ4v) is 7.49. The summed E-state index contributed by atoms with van der Waals surface area (Å²) >= 11 is 0. The highest BCUT2D eigenvalue weighted by Crippen LogP contribution is 2.45. The molecule has 0 atom stereocenters. The van der Waals surface area contributed by atoms with Gasteiger partial charge in [-0.25, -0.2) is 9.59 Å². The number of fused-ring (bicyclic) bond motifs is 6. The first kappa shape index (κ1) is 37.6. The monoisotopic (exact) mass is 806 g/mol. The smallest absolute Gasteiger partial charge is 0.340 e. The van der Waals surface area contributed by atoms with Gasteiger partial charge in [-0.3, -0.25) is 19.2 Å². The lowest BCUT2D eigenvalue weighted by Crippen LogP contribution is -2.24. The molecule has 298 valence electrons. The van der Waals surface area contributed by atoms with Gasteiger partial charge in [0.05, 0.1) is 32.8 Å². The lowest BCUT2D eigenvalue weighted by molar-refractivity contribution is 0.0684. The summed E-state index contributed by atoms with van der Waals surface area (Å²) < 4.78 is 23.7. The molecule has 59 heavy (non-hydrogen) atoms. The molecule has 0 fully saturated rings. The van der Waals surface area contributed by atoms with Crippen LogP contribution in [-0.4, -0.2) is 58.6 Å². The van der Waals surface area contributed by atoms with E-state index in [4.69, 9.17) is 18.0 Å². The van der Waals surface area contributed by atoms with Crippen molar-refractivity contribution in [3.8, 4) is 62.9 Å². The number of ketones is 1. The zero-order valence-electron chi connectivity index (χ0n) is 30.5. The third-order valence-electron chi connectivity index (χ3n) is 10.3. The summed E-state index contributed by atoms with van der Waals surface area (Å²) in [5, 5.41) is 80.0. The molecule has 0 bridgehead atoms. The number of phenols is 6. The van der Waals surface area contributed by atoms with Crippen LogP contribution in [0.3, 0.4) is 0 Å². The zero-order valence-corrected chi connectivity index (χ0v) is 30.5. The second-order valence-electron chi connectivity index (χ2n) is 13.7. The Morgan fingerprint density at radius 1 is 0.627 bits per heavy atom. The molecule has 0 aliphatic carbocycles. The van der Waals surface area contributed by atoms with Crippen molar-refractivity contribution in [3.05, 3.63) is 106 Å². The highest BCUT2D eigenvalue weighted by atomic mass is 16.5. The summed E-state index contributed by atoms with van der Waals surface area (Å²) in [5.74, 6) is -10.2. The van der Waals surface area contributed by atoms with E-state index in [1.807, 2.05) is 0 Å². The molecule has 8 rings (SSSR count). The van der Waals surface area contributed by atoms with Crippen LogP contribution in [0.4, 0.5) is 0 Å². The maximum Gasteiger partial charge on any atom is 0.340 e. The largest absolute Gasteiger partial charge is 0.504 e. The van der Waals surface area contributed by atoms with Crippen molar-refractivity contribution in [1.82, 2.24) is 0 Å². The van der Waals surface area contributed by atoms with Gasteiger partial charge < -0.3 is 58.8 Å². The van der Waals surface area contributed by atoms with Gasteiger partial charge >= 0.3 is 11.9 Å². The minimum Gasteiger partial charge on any atom is -0.504 e. The van der Waals surface area contributed by atoms with Crippen LogP contribution in [0.1, 0.15) is 66.0 Å². The number of hydrogen-bond acceptors (Lipinski definition) is 16. The van der Waals surface area contributed by atoms with Gasteiger partial charge in [0.2, 0.25) is 5.43 Å². The van der Waals surface area contributed by atoms with Crippen molar-refractivity contribution < 1.29 is 73.2 Å². The molecule has 4 aromatic carbocycles. The number of rotatable bonds is 6. The molecule has 0 saturated carbocycles. The molecule has 4 heterocycles. The molecule has 0 spiro atoms. The predicted molar refractivity (Wildman–Crippen MR) is 202 cm³/mol. The first-order valence-electron chi connectivity index (χ1n) is 17.2. The SMILES string of the molecule is CC(=O)c1c(C)c(-c2oc3cc(O)c(O)c(C(=O)O)c3c(=O)c2Cc2c(C)oc3c(c2=O)COc2cc(O)c(O)cc2-3)cc2c(=O)c3c(C(=O)O)c(O)c(O)cc3oc12. The Morgan fingerprint density at radius 3 is 1.80 bits per heavy atom. The molecule has 8 N–H and O–H groups in total. The maximum atomic E-state index is 14.7. The molecule has 1 aliphatic rings. The quantitative estimate of drug-likeness (QED) is 0.0602. The highest BCUT2D eigenvalue weighted by Gasteiger charge is 2.33. The predicted octanol–water partition coefficient (Wildman–Crippen LogP) is 5.27. The van der Waals surface area contributed by atoms with Gasteiger partial charge in [-0.15, -0.1) is 0 Å². The molecule has 0 unspecified atom stereocenters. The van der Waals surface area contributed by atoms with Gasteiger partial charge in [0.1, 0.15) is 57.5 Å². The summed E-state index contributed by atoms with van der Waals surface area (Å²) in [7, 11) is 0. The number of phenolic OH excluding ortho intramolecular Hbond substituents is 4. The van der Waals surface area contributed by atoms with Gasteiger partial charge in [-0.1, -0.05) is 0 Å². The summed E-state index contributed by atoms with van der Waals surface area (Å²) in [6, 6.07) is 4.87. The van der Waals surface area contributed by atoms with Crippen LogP contribution in [0.2, 0.25) is 0 Å². The van der Waals surface area contributed by atoms with Crippen LogP contribution in [-0.2, 0) is 13.0 Å². The van der Waals surface area contributed by atoms with Gasteiger partial charge in [-0.05, 0) is 38.5 Å². The molecule has 3 aromatic heterocycles. The van der Waals surface area contributed by atoms with Crippen molar-refractivity contribution in [2.75, 3.05) is 0 Å². The third kappa shape index (κ3) is 5.41. The average Bonchev–Trinajstić information content (AvgIpc) is 3.15. The second kappa shape index (κ2) is 12.9. The Balaban J connectivity index is 1.49. The number of Topliss-reactive ketones (excluding diaryl/α,β-unsaturated/α-hetero) is 1. The van der Waals surface area contributed by atoms with Crippen LogP contribution in [0.5, 0.6) is 40.2 Å². The summed E-state index contributed by atoms with van der Waals surface area (Å²) in [4.78, 5) is 81.2. The lowest BCUT2D eigenvalue weighted by atomic mass is 9.89. The van der Waals surface area contributed by atoms with Crippen LogP contribution in [0.25, 0.3) is 55.6 Å². The normalized spacial score (nSPS) is 12.1. The van der Waals surface area contributed by atoms with Crippen LogP contribution >= 0.6 is 0 Å². The molecule has 7 aromatic rings. The van der Waals surface area contributed by atoms with Crippen molar-refractivity contribution >= 4 is 50.6 Å². The van der Waals surface area contributed by atoms with E-state index in [1.165, 1.54) is 13.8 Å². The van der Waals surface area contributed by atoms with Gasteiger partial charge in [-0.2, -0.15) is 0 Å². The zero-order chi connectivity index (χ0) is 42.7. The number of aromatic hydroxyl groups is 6. The number of aryl methyl sites for hydroxylation is 1. The van der Waals surface area contributed by atoms with Crippen LogP contribution in [0.15, 0.2) is 58.0 Å². The molecule has 18 heteroatoms. The number of carboxylic acid groups (broad SMARTS) is 2. The van der Waals surface area contributed by atoms with Crippen LogP contribution < -0.4 is 21.0 Å². The van der Waals surface area contributed by atoms with E-state index >= 15 is 0 Å². The first-order chi connectivity index (χ1) is 27.8. The molecule has 1 aliphatic heterocycles. The van der Waals surface area contributed by atoms with Gasteiger partial charge in [0, 0.05) is 41.3 Å². The summed E-state index contributed by atoms with van der Waals surface area (Å²) in [6.45, 7) is 3.46. The van der Waals surface area contributed by atoms with E-state index in [-0.39, 0.29) is 56.2 Å². The van der Waals surface area contributed by atoms with Crippen molar-refractivity contribution in [2.24, 2.45) is 0 Å². The fourth-order valence-electron chi connectivity index (χ4n) is 7.49. The Hall–Kier alpha value is -8.28. The lowest BCUT2D eigenvalue weighted by Gasteiger charge is -2.21. The van der Waals surface area contributed by atoms with Gasteiger partial charge in [0.25, 0.3) is 0 Å². The van der Waals surface area contributed by atoms with Gasteiger partial charge in [0.15, 0.2) is 51.1 Å². The number of benzene rings is 4. The number of carbonyl (C=O) groups is 3. The van der Waals surface area contributed by atoms with Crippen molar-refractivity contribution in [3.63, 3.8) is 0 Å². The third-order valence-corrected chi connectivity index (χ3v) is 10.3. The Bertz CT molecular complexity index is 3330. The Kier molecular flexibility index (Phi) is 8.22. The Labute approximate surface area is 325 Å². The molecular formula is C41H26O18. The molecule has 0 saturated heterocycles. The topological polar surface area (TPSA) is 313 Å². The van der Waals surface area contributed by atoms with E-state index in [0.717, 1.165) is 37.3 Å². The number of carboxylic acids is 2. The van der Waals surface area contributed by atoms with Crippen LogP contribution in [0, 0.1) is 13.8 Å². The van der Waals surface area contributed by atoms with E-state index in [1.54, 1.807) is 0 Å². The van der Waals surface area contributed by atoms with Crippen molar-refractivity contribution in [1.29, 1.82) is 0 Å². The molecular weight excluding hydrogens is 780 g/mol. The first-order valence-corrected chi connectivity index (χ1v) is 17.2. The second-order valence-corrected chi connectivity index (χ2v) is 13.7. The molecule has 0 amide bonds. The number of ether oxygens (including phenoxy) is 1. The Morgan fingerprint density at radius 2 is 1.20 bits per heavy atom. The van der Waals surface area contributed by atoms with E-state index < -0.39 is 131 Å². The fraction of sp³-hybridized carbons (Fsp3) is 0.122. The minimum atomic E-state index is -1.85. The summed E-state index contributed by atoms with van der Waals surface area (Å²) in [6.07, 6.45) is -0.695. The number of aromatic carboxylic acids is 2. The number of carbonyl (C=O) groups excluding carboxylic acids is 1.